The molecule has 3 aromatic heterocycles. The van der Waals surface area contributed by atoms with E-state index in [2.05, 4.69) is 39.2 Å². The number of thiazole rings is 1. The molecule has 36 heavy (non-hydrogen) atoms. The molecule has 0 aliphatic heterocycles. The first-order valence-corrected chi connectivity index (χ1v) is 15.5. The molecule has 0 atom stereocenters. The third kappa shape index (κ3) is 8.65. The minimum Gasteiger partial charge on any atom is -0.368 e. The number of nitrogens with zero attached hydrogens (tertiary/aromatic N) is 3. The first-order chi connectivity index (χ1) is 17.1. The van der Waals surface area contributed by atoms with Crippen molar-refractivity contribution in [2.45, 2.75) is 26.3 Å². The monoisotopic (exact) mass is 590 g/mol. The van der Waals surface area contributed by atoms with E-state index in [1.54, 1.807) is 0 Å². The van der Waals surface area contributed by atoms with Gasteiger partial charge < -0.3 is 10.2 Å². The largest absolute Gasteiger partial charge is 0.368 e. The number of amides is 1. The number of pyridine rings is 1. The standard InChI is InChI=1S/C22H28Cl2N6O3S3/c1-4-5-8-30(2)12-18-19(17-10-15(23)13-34-17)28-22(35-18)29-21(31)14-9-16(24)20(26-11-14)25-6-7-27-36(3,32)33/h9-11,13,27H,4-8,12H2,1-3H3,(H,25,26)(H,28,29,31). The molecule has 3 aromatic rings. The minimum atomic E-state index is -3.28. The fourth-order valence-corrected chi connectivity index (χ4v) is 6.09. The highest BCUT2D eigenvalue weighted by atomic mass is 35.5. The molecule has 9 nitrogen and oxygen atoms in total. The van der Waals surface area contributed by atoms with Crippen LogP contribution < -0.4 is 15.4 Å². The Balaban J connectivity index is 1.71. The van der Waals surface area contributed by atoms with Gasteiger partial charge in [-0.25, -0.2) is 23.1 Å². The van der Waals surface area contributed by atoms with Crippen molar-refractivity contribution < 1.29 is 13.2 Å². The number of hydrogen-bond donors (Lipinski definition) is 3. The smallest absolute Gasteiger partial charge is 0.259 e. The molecule has 3 N–H and O–H groups in total. The van der Waals surface area contributed by atoms with Crippen molar-refractivity contribution in [2.24, 2.45) is 0 Å². The van der Waals surface area contributed by atoms with Crippen LogP contribution in [0, 0.1) is 0 Å². The number of carbonyl (C=O) groups is 1. The highest BCUT2D eigenvalue weighted by molar-refractivity contribution is 7.88. The van der Waals surface area contributed by atoms with Crippen molar-refractivity contribution in [1.29, 1.82) is 0 Å². The van der Waals surface area contributed by atoms with Gasteiger partial charge in [0.2, 0.25) is 10.0 Å². The van der Waals surface area contributed by atoms with Crippen molar-refractivity contribution in [3.63, 3.8) is 0 Å². The highest BCUT2D eigenvalue weighted by Crippen LogP contribution is 2.37. The molecular weight excluding hydrogens is 563 g/mol. The lowest BCUT2D eigenvalue weighted by molar-refractivity contribution is 0.102. The van der Waals surface area contributed by atoms with Gasteiger partial charge in [-0.3, -0.25) is 10.1 Å². The van der Waals surface area contributed by atoms with Crippen LogP contribution in [0.5, 0.6) is 0 Å². The Morgan fingerprint density at radius 3 is 2.64 bits per heavy atom. The molecule has 0 aliphatic carbocycles. The van der Waals surface area contributed by atoms with Crippen LogP contribution >= 0.6 is 45.9 Å². The number of hydrogen-bond acceptors (Lipinski definition) is 9. The van der Waals surface area contributed by atoms with Crippen LogP contribution in [0.25, 0.3) is 10.6 Å². The van der Waals surface area contributed by atoms with Gasteiger partial charge in [0.05, 0.1) is 32.4 Å². The molecule has 3 rings (SSSR count). The lowest BCUT2D eigenvalue weighted by Crippen LogP contribution is -2.27. The van der Waals surface area contributed by atoms with E-state index < -0.39 is 10.0 Å². The number of rotatable bonds is 13. The van der Waals surface area contributed by atoms with Crippen molar-refractivity contribution in [1.82, 2.24) is 19.6 Å². The average molecular weight is 592 g/mol. The van der Waals surface area contributed by atoms with E-state index in [0.717, 1.165) is 41.1 Å². The lowest BCUT2D eigenvalue weighted by Gasteiger charge is -2.15. The summed E-state index contributed by atoms with van der Waals surface area (Å²) in [6.07, 6.45) is 4.71. The molecule has 0 bridgehead atoms. The summed E-state index contributed by atoms with van der Waals surface area (Å²) in [6, 6.07) is 3.38. The van der Waals surface area contributed by atoms with Gasteiger partial charge >= 0.3 is 0 Å². The van der Waals surface area contributed by atoms with Crippen LogP contribution in [0.15, 0.2) is 23.7 Å². The van der Waals surface area contributed by atoms with Gasteiger partial charge in [-0.15, -0.1) is 11.3 Å². The van der Waals surface area contributed by atoms with Crippen molar-refractivity contribution >= 4 is 72.8 Å². The highest BCUT2D eigenvalue weighted by Gasteiger charge is 2.19. The number of nitrogens with one attached hydrogen (secondary N) is 3. The Morgan fingerprint density at radius 1 is 1.22 bits per heavy atom. The first kappa shape index (κ1) is 28.8. The van der Waals surface area contributed by atoms with Gasteiger partial charge in [0.1, 0.15) is 5.82 Å². The summed E-state index contributed by atoms with van der Waals surface area (Å²) in [7, 11) is -1.21. The molecule has 1 amide bonds. The zero-order chi connectivity index (χ0) is 26.3. The molecule has 0 radical (unpaired) electrons. The molecule has 0 fully saturated rings. The second-order valence-electron chi connectivity index (χ2n) is 8.11. The Labute approximate surface area is 229 Å². The molecule has 196 valence electrons. The summed E-state index contributed by atoms with van der Waals surface area (Å²) >= 11 is 15.4. The van der Waals surface area contributed by atoms with Gasteiger partial charge in [0.25, 0.3) is 5.91 Å². The molecule has 0 saturated heterocycles. The summed E-state index contributed by atoms with van der Waals surface area (Å²) < 4.78 is 24.7. The fourth-order valence-electron chi connectivity index (χ4n) is 3.17. The van der Waals surface area contributed by atoms with E-state index in [1.165, 1.54) is 34.9 Å². The number of unbranched alkanes of at least 4 members (excludes halogenated alkanes) is 1. The summed E-state index contributed by atoms with van der Waals surface area (Å²) in [6.45, 7) is 4.30. The van der Waals surface area contributed by atoms with Crippen LogP contribution in [0.2, 0.25) is 10.0 Å². The van der Waals surface area contributed by atoms with E-state index in [-0.39, 0.29) is 29.6 Å². The van der Waals surface area contributed by atoms with E-state index in [9.17, 15) is 13.2 Å². The lowest BCUT2D eigenvalue weighted by atomic mass is 10.2. The molecule has 3 heterocycles. The van der Waals surface area contributed by atoms with Crippen molar-refractivity contribution in [3.05, 3.63) is 44.2 Å². The van der Waals surface area contributed by atoms with Gasteiger partial charge in [-0.05, 0) is 32.1 Å². The van der Waals surface area contributed by atoms with Gasteiger partial charge in [0, 0.05) is 36.1 Å². The number of thiophene rings is 1. The second kappa shape index (κ2) is 13.1. The first-order valence-electron chi connectivity index (χ1n) is 11.1. The molecular formula is C22H28Cl2N6O3S3. The van der Waals surface area contributed by atoms with Crippen molar-refractivity contribution in [2.75, 3.05) is 43.6 Å². The Morgan fingerprint density at radius 2 is 2.00 bits per heavy atom. The van der Waals surface area contributed by atoms with E-state index in [1.807, 2.05) is 11.4 Å². The van der Waals surface area contributed by atoms with E-state index >= 15 is 0 Å². The molecule has 14 heteroatoms. The molecule has 0 spiro atoms. The molecule has 0 aliphatic rings. The predicted molar refractivity (Wildman–Crippen MR) is 150 cm³/mol. The number of halogens is 2. The van der Waals surface area contributed by atoms with Gasteiger partial charge in [0.15, 0.2) is 5.13 Å². The molecule has 0 aromatic carbocycles. The van der Waals surface area contributed by atoms with Gasteiger partial charge in [-0.1, -0.05) is 47.9 Å². The second-order valence-corrected chi connectivity index (χ2v) is 12.8. The van der Waals surface area contributed by atoms with Crippen LogP contribution in [-0.4, -0.2) is 62.1 Å². The molecule has 0 unspecified atom stereocenters. The number of carbonyl (C=O) groups excluding carboxylic acids is 1. The van der Waals surface area contributed by atoms with Crippen molar-refractivity contribution in [3.8, 4) is 10.6 Å². The molecule has 0 saturated carbocycles. The third-order valence-electron chi connectivity index (χ3n) is 4.91. The van der Waals surface area contributed by atoms with Gasteiger partial charge in [-0.2, -0.15) is 0 Å². The normalized spacial score (nSPS) is 11.7. The Kier molecular flexibility index (Phi) is 10.5. The maximum Gasteiger partial charge on any atom is 0.259 e. The van der Waals surface area contributed by atoms with Crippen LogP contribution in [-0.2, 0) is 16.6 Å². The number of anilines is 2. The summed E-state index contributed by atoms with van der Waals surface area (Å²) in [5, 5.41) is 9.03. The summed E-state index contributed by atoms with van der Waals surface area (Å²) in [5.74, 6) is -0.0304. The maximum absolute atomic E-state index is 12.9. The maximum atomic E-state index is 12.9. The SMILES string of the molecule is CCCCN(C)Cc1sc(NC(=O)c2cnc(NCCNS(C)(=O)=O)c(Cl)c2)nc1-c1cc(Cl)cs1. The van der Waals surface area contributed by atoms with Crippen LogP contribution in [0.1, 0.15) is 35.0 Å². The van der Waals surface area contributed by atoms with Crippen LogP contribution in [0.4, 0.5) is 10.9 Å². The summed E-state index contributed by atoms with van der Waals surface area (Å²) in [5.41, 5.74) is 1.09. The zero-order valence-electron chi connectivity index (χ0n) is 20.1. The minimum absolute atomic E-state index is 0.177. The third-order valence-corrected chi connectivity index (χ3v) is 8.17. The topological polar surface area (TPSA) is 116 Å². The number of aromatic nitrogens is 2. The quantitative estimate of drug-likeness (QED) is 0.239. The fraction of sp³-hybridized carbons (Fsp3) is 0.409. The zero-order valence-corrected chi connectivity index (χ0v) is 24.1. The van der Waals surface area contributed by atoms with E-state index in [4.69, 9.17) is 28.2 Å². The predicted octanol–water partition coefficient (Wildman–Crippen LogP) is 5.02. The van der Waals surface area contributed by atoms with Crippen LogP contribution in [0.3, 0.4) is 0 Å². The Hall–Kier alpha value is -1.80. The Bertz CT molecular complexity index is 1300. The number of sulfonamides is 1. The summed E-state index contributed by atoms with van der Waals surface area (Å²) in [4.78, 5) is 26.0. The van der Waals surface area contributed by atoms with E-state index in [0.29, 0.717) is 22.5 Å². The average Bonchev–Trinajstić information content (AvgIpc) is 3.41.